The Kier molecular flexibility index (Phi) is 7.20. The number of rotatable bonds is 6. The lowest BCUT2D eigenvalue weighted by Gasteiger charge is -2.04. The van der Waals surface area contributed by atoms with E-state index in [-0.39, 0.29) is 11.1 Å². The van der Waals surface area contributed by atoms with Gasteiger partial charge in [-0.15, -0.1) is 5.10 Å². The molecule has 1 amide bonds. The van der Waals surface area contributed by atoms with Crippen LogP contribution in [0.1, 0.15) is 19.6 Å². The Morgan fingerprint density at radius 1 is 1.30 bits per heavy atom. The second-order valence-corrected chi connectivity index (χ2v) is 7.84. The predicted octanol–water partition coefficient (Wildman–Crippen LogP) is 4.42. The van der Waals surface area contributed by atoms with E-state index in [4.69, 9.17) is 39.8 Å². The first-order chi connectivity index (χ1) is 14.3. The molecule has 0 atom stereocenters. The molecule has 0 aliphatic carbocycles. The highest BCUT2D eigenvalue weighted by Gasteiger charge is 2.11. The molecule has 3 aromatic rings. The zero-order valence-corrected chi connectivity index (χ0v) is 18.4. The molecule has 0 aliphatic heterocycles. The van der Waals surface area contributed by atoms with E-state index in [0.29, 0.717) is 39.6 Å². The maximum Gasteiger partial charge on any atom is 0.269 e. The molecule has 0 radical (unpaired) electrons. The van der Waals surface area contributed by atoms with E-state index >= 15 is 0 Å². The van der Waals surface area contributed by atoms with Gasteiger partial charge in [-0.05, 0) is 53.7 Å². The highest BCUT2D eigenvalue weighted by atomic mass is 35.5. The zero-order chi connectivity index (χ0) is 21.7. The van der Waals surface area contributed by atoms with Crippen LogP contribution < -0.4 is 10.6 Å². The largest absolute Gasteiger partial charge is 0.457 e. The summed E-state index contributed by atoms with van der Waals surface area (Å²) < 4.78 is 5.70. The lowest BCUT2D eigenvalue weighted by molar-refractivity contribution is -0.115. The monoisotopic (exact) mass is 464 g/mol. The summed E-state index contributed by atoms with van der Waals surface area (Å²) in [6.45, 7) is 4.71. The number of hydrogen-bond acceptors (Lipinski definition) is 6. The average molecular weight is 465 g/mol. The molecule has 1 aromatic carbocycles. The van der Waals surface area contributed by atoms with Crippen molar-refractivity contribution in [2.24, 2.45) is 5.92 Å². The van der Waals surface area contributed by atoms with Crippen LogP contribution in [0.4, 0.5) is 5.95 Å². The molecule has 0 unspecified atom stereocenters. The van der Waals surface area contributed by atoms with Gasteiger partial charge in [0.2, 0.25) is 5.91 Å². The highest BCUT2D eigenvalue weighted by Crippen LogP contribution is 2.34. The third-order valence-corrected chi connectivity index (χ3v) is 4.71. The Balaban J connectivity index is 1.56. The molecule has 2 aromatic heterocycles. The lowest BCUT2D eigenvalue weighted by Crippen LogP contribution is -2.33. The summed E-state index contributed by atoms with van der Waals surface area (Å²) >= 11 is 17.3. The number of thiocarbonyl (C=S) groups is 1. The van der Waals surface area contributed by atoms with Crippen LogP contribution in [0.15, 0.2) is 40.8 Å². The molecule has 8 nitrogen and oxygen atoms in total. The number of nitrogens with one attached hydrogen (secondary N) is 2. The third kappa shape index (κ3) is 5.88. The van der Waals surface area contributed by atoms with Crippen molar-refractivity contribution in [1.29, 1.82) is 0 Å². The van der Waals surface area contributed by atoms with Crippen LogP contribution in [0.25, 0.3) is 17.4 Å². The van der Waals surface area contributed by atoms with E-state index in [1.54, 1.807) is 30.3 Å². The predicted molar refractivity (Wildman–Crippen MR) is 120 cm³/mol. The summed E-state index contributed by atoms with van der Waals surface area (Å²) in [5.74, 6) is 1.14. The molecule has 0 bridgehead atoms. The lowest BCUT2D eigenvalue weighted by atomic mass is 10.2. The summed E-state index contributed by atoms with van der Waals surface area (Å²) in [5.41, 5.74) is 0.664. The van der Waals surface area contributed by atoms with Gasteiger partial charge in [-0.2, -0.15) is 4.80 Å². The Labute approximate surface area is 188 Å². The second-order valence-electron chi connectivity index (χ2n) is 6.64. The Morgan fingerprint density at radius 3 is 2.87 bits per heavy atom. The van der Waals surface area contributed by atoms with Gasteiger partial charge in [-0.1, -0.05) is 48.2 Å². The number of amides is 1. The molecule has 11 heteroatoms. The average Bonchev–Trinajstić information content (AvgIpc) is 3.31. The van der Waals surface area contributed by atoms with Crippen LogP contribution >= 0.6 is 35.4 Å². The van der Waals surface area contributed by atoms with Gasteiger partial charge in [0.15, 0.2) is 5.11 Å². The number of carbonyl (C=O) groups is 1. The topological polar surface area (TPSA) is 97.9 Å². The van der Waals surface area contributed by atoms with Crippen LogP contribution in [0.2, 0.25) is 10.0 Å². The van der Waals surface area contributed by atoms with Crippen molar-refractivity contribution in [2.75, 3.05) is 5.32 Å². The van der Waals surface area contributed by atoms with Crippen LogP contribution in [0.5, 0.6) is 0 Å². The number of benzene rings is 1. The minimum absolute atomic E-state index is 0.0552. The van der Waals surface area contributed by atoms with Crippen molar-refractivity contribution in [3.63, 3.8) is 0 Å². The van der Waals surface area contributed by atoms with Crippen molar-refractivity contribution in [3.05, 3.63) is 52.2 Å². The molecule has 2 N–H and O–H groups in total. The normalized spacial score (nSPS) is 11.2. The molecule has 0 fully saturated rings. The van der Waals surface area contributed by atoms with Gasteiger partial charge in [-0.25, -0.2) is 0 Å². The molecule has 156 valence electrons. The standard InChI is InChI=1S/C19H18Cl2N6O2S/c1-11(2)10-27-25-18(24-26-27)23-19(30)22-16(28)9-7-12-6-8-15(29-12)13-4-3-5-14(20)17(13)21/h3-9,11H,10H2,1-2H3,(H2,22,23,25,28,30)/b9-7+. The van der Waals surface area contributed by atoms with Gasteiger partial charge in [0.05, 0.1) is 16.6 Å². The van der Waals surface area contributed by atoms with Crippen molar-refractivity contribution < 1.29 is 9.21 Å². The SMILES string of the molecule is CC(C)Cn1nnc(NC(=S)NC(=O)/C=C/c2ccc(-c3cccc(Cl)c3Cl)o2)n1. The summed E-state index contributed by atoms with van der Waals surface area (Å²) in [4.78, 5) is 13.5. The van der Waals surface area contributed by atoms with E-state index in [1.165, 1.54) is 16.9 Å². The van der Waals surface area contributed by atoms with Crippen LogP contribution in [0, 0.1) is 5.92 Å². The number of anilines is 1. The van der Waals surface area contributed by atoms with E-state index in [9.17, 15) is 4.79 Å². The van der Waals surface area contributed by atoms with E-state index < -0.39 is 5.91 Å². The Bertz CT molecular complexity index is 1090. The fourth-order valence-electron chi connectivity index (χ4n) is 2.42. The van der Waals surface area contributed by atoms with Crippen LogP contribution in [0.3, 0.4) is 0 Å². The summed E-state index contributed by atoms with van der Waals surface area (Å²) in [6, 6.07) is 8.72. The number of carbonyl (C=O) groups excluding carboxylic acids is 1. The first kappa shape index (κ1) is 21.9. The number of tetrazole rings is 1. The minimum Gasteiger partial charge on any atom is -0.457 e. The molecule has 0 spiro atoms. The number of hydrogen-bond donors (Lipinski definition) is 2. The van der Waals surface area contributed by atoms with Crippen molar-refractivity contribution in [1.82, 2.24) is 25.5 Å². The van der Waals surface area contributed by atoms with Crippen LogP contribution in [-0.2, 0) is 11.3 Å². The number of furan rings is 1. The highest BCUT2D eigenvalue weighted by molar-refractivity contribution is 7.80. The fraction of sp³-hybridized carbons (Fsp3) is 0.211. The van der Waals surface area contributed by atoms with E-state index in [0.717, 1.165) is 0 Å². The molecular weight excluding hydrogens is 447 g/mol. The number of halogens is 2. The van der Waals surface area contributed by atoms with E-state index in [2.05, 4.69) is 26.0 Å². The molecule has 30 heavy (non-hydrogen) atoms. The molecule has 3 rings (SSSR count). The molecular formula is C19H18Cl2N6O2S. The number of aromatic nitrogens is 4. The number of nitrogens with zero attached hydrogens (tertiary/aromatic N) is 4. The molecule has 0 saturated carbocycles. The van der Waals surface area contributed by atoms with Crippen molar-refractivity contribution >= 4 is 58.5 Å². The van der Waals surface area contributed by atoms with Gasteiger partial charge >= 0.3 is 0 Å². The van der Waals surface area contributed by atoms with Gasteiger partial charge < -0.3 is 4.42 Å². The maximum atomic E-state index is 12.1. The van der Waals surface area contributed by atoms with Crippen LogP contribution in [-0.4, -0.2) is 31.2 Å². The fourth-order valence-corrected chi connectivity index (χ4v) is 3.01. The summed E-state index contributed by atoms with van der Waals surface area (Å²) in [7, 11) is 0. The third-order valence-electron chi connectivity index (χ3n) is 3.69. The molecule has 0 aliphatic rings. The smallest absolute Gasteiger partial charge is 0.269 e. The van der Waals surface area contributed by atoms with Gasteiger partial charge in [0.1, 0.15) is 11.5 Å². The van der Waals surface area contributed by atoms with Crippen molar-refractivity contribution in [2.45, 2.75) is 20.4 Å². The first-order valence-corrected chi connectivity index (χ1v) is 10.1. The Hall–Kier alpha value is -2.75. The minimum atomic E-state index is -0.444. The van der Waals surface area contributed by atoms with Gasteiger partial charge in [-0.3, -0.25) is 15.4 Å². The molecule has 2 heterocycles. The van der Waals surface area contributed by atoms with Gasteiger partial charge in [0, 0.05) is 11.6 Å². The Morgan fingerprint density at radius 2 is 2.10 bits per heavy atom. The first-order valence-electron chi connectivity index (χ1n) is 8.94. The maximum absolute atomic E-state index is 12.1. The quantitative estimate of drug-likeness (QED) is 0.411. The second kappa shape index (κ2) is 9.84. The zero-order valence-electron chi connectivity index (χ0n) is 16.1. The summed E-state index contributed by atoms with van der Waals surface area (Å²) in [6.07, 6.45) is 2.80. The van der Waals surface area contributed by atoms with Crippen molar-refractivity contribution in [3.8, 4) is 11.3 Å². The summed E-state index contributed by atoms with van der Waals surface area (Å²) in [5, 5.41) is 18.0. The van der Waals surface area contributed by atoms with E-state index in [1.807, 2.05) is 13.8 Å². The molecule has 0 saturated heterocycles. The van der Waals surface area contributed by atoms with Gasteiger partial charge in [0.25, 0.3) is 5.95 Å².